The molecule has 0 bridgehead atoms. The number of carbonyl (C=O) groups is 1. The minimum Gasteiger partial charge on any atom is -0.483 e. The molecule has 3 nitrogen and oxygen atoms in total. The van der Waals surface area contributed by atoms with E-state index >= 15 is 0 Å². The van der Waals surface area contributed by atoms with Gasteiger partial charge in [-0.2, -0.15) is 0 Å². The summed E-state index contributed by atoms with van der Waals surface area (Å²) in [6, 6.07) is 5.88. The maximum absolute atomic E-state index is 12.1. The molecule has 118 valence electrons. The zero-order chi connectivity index (χ0) is 16.3. The number of amides is 1. The zero-order valence-corrected chi connectivity index (χ0v) is 14.5. The van der Waals surface area contributed by atoms with E-state index in [4.69, 9.17) is 4.74 Å². The first-order valence-electron chi connectivity index (χ1n) is 7.50. The molecule has 0 atom stereocenters. The second-order valence-electron chi connectivity index (χ2n) is 7.66. The van der Waals surface area contributed by atoms with Crippen LogP contribution in [0.5, 0.6) is 5.75 Å². The van der Waals surface area contributed by atoms with Crippen molar-refractivity contribution in [3.05, 3.63) is 29.3 Å². The Morgan fingerprint density at radius 1 is 1.14 bits per heavy atom. The van der Waals surface area contributed by atoms with Crippen molar-refractivity contribution >= 4 is 5.91 Å². The average molecular weight is 291 g/mol. The van der Waals surface area contributed by atoms with Crippen LogP contribution in [0.15, 0.2) is 18.2 Å². The summed E-state index contributed by atoms with van der Waals surface area (Å²) in [5.41, 5.74) is 2.19. The number of carbonyl (C=O) groups excluding carboxylic acids is 1. The van der Waals surface area contributed by atoms with Gasteiger partial charge in [-0.1, -0.05) is 32.9 Å². The zero-order valence-electron chi connectivity index (χ0n) is 14.5. The minimum absolute atomic E-state index is 0.0534. The number of hydrogen-bond acceptors (Lipinski definition) is 2. The first kappa shape index (κ1) is 17.5. The minimum atomic E-state index is -0.236. The summed E-state index contributed by atoms with van der Waals surface area (Å²) in [6.45, 7) is 14.7. The van der Waals surface area contributed by atoms with Crippen molar-refractivity contribution in [2.75, 3.05) is 6.61 Å². The summed E-state index contributed by atoms with van der Waals surface area (Å²) < 4.78 is 5.64. The van der Waals surface area contributed by atoms with E-state index in [1.807, 2.05) is 45.9 Å². The van der Waals surface area contributed by atoms with Crippen LogP contribution in [0.25, 0.3) is 0 Å². The predicted molar refractivity (Wildman–Crippen MR) is 87.7 cm³/mol. The van der Waals surface area contributed by atoms with E-state index in [0.717, 1.165) is 17.7 Å². The molecule has 0 saturated carbocycles. The molecule has 0 fully saturated rings. The van der Waals surface area contributed by atoms with Crippen molar-refractivity contribution in [3.63, 3.8) is 0 Å². The van der Waals surface area contributed by atoms with Crippen molar-refractivity contribution in [2.24, 2.45) is 5.41 Å². The Bertz CT molecular complexity index is 498. The lowest BCUT2D eigenvalue weighted by Crippen LogP contribution is -2.47. The van der Waals surface area contributed by atoms with Gasteiger partial charge in [0.05, 0.1) is 0 Å². The molecule has 0 aliphatic carbocycles. The molecular formula is C18H29NO2. The highest BCUT2D eigenvalue weighted by molar-refractivity contribution is 5.78. The van der Waals surface area contributed by atoms with Gasteiger partial charge >= 0.3 is 0 Å². The fourth-order valence-electron chi connectivity index (χ4n) is 2.81. The molecule has 0 heterocycles. The van der Waals surface area contributed by atoms with Crippen molar-refractivity contribution in [1.82, 2.24) is 5.32 Å². The molecule has 1 N–H and O–H groups in total. The van der Waals surface area contributed by atoms with Gasteiger partial charge in [-0.15, -0.1) is 0 Å². The highest BCUT2D eigenvalue weighted by Gasteiger charge is 2.27. The fourth-order valence-corrected chi connectivity index (χ4v) is 2.81. The van der Waals surface area contributed by atoms with E-state index < -0.39 is 0 Å². The Kier molecular flexibility index (Phi) is 5.43. The topological polar surface area (TPSA) is 38.3 Å². The van der Waals surface area contributed by atoms with Gasteiger partial charge in [0.2, 0.25) is 0 Å². The van der Waals surface area contributed by atoms with Gasteiger partial charge in [0, 0.05) is 5.54 Å². The normalized spacial score (nSPS) is 12.1. The summed E-state index contributed by atoms with van der Waals surface area (Å²) in [4.78, 5) is 12.1. The van der Waals surface area contributed by atoms with Crippen LogP contribution in [0.2, 0.25) is 0 Å². The Labute approximate surface area is 129 Å². The molecule has 1 aromatic rings. The van der Waals surface area contributed by atoms with Crippen LogP contribution in [0.1, 0.15) is 52.2 Å². The molecule has 0 unspecified atom stereocenters. The molecule has 3 heteroatoms. The van der Waals surface area contributed by atoms with E-state index in [2.05, 4.69) is 26.1 Å². The van der Waals surface area contributed by atoms with Crippen molar-refractivity contribution in [3.8, 4) is 5.75 Å². The maximum atomic E-state index is 12.1. The van der Waals surface area contributed by atoms with Gasteiger partial charge in [-0.3, -0.25) is 4.79 Å². The number of benzene rings is 1. The van der Waals surface area contributed by atoms with Crippen molar-refractivity contribution in [2.45, 2.75) is 60.4 Å². The smallest absolute Gasteiger partial charge is 0.258 e. The third-order valence-electron chi connectivity index (χ3n) is 3.36. The van der Waals surface area contributed by atoms with E-state index in [1.54, 1.807) is 0 Å². The molecule has 1 rings (SSSR count). The monoisotopic (exact) mass is 291 g/mol. The molecule has 0 aliphatic heterocycles. The van der Waals surface area contributed by atoms with E-state index in [0.29, 0.717) is 0 Å². The van der Waals surface area contributed by atoms with E-state index in [9.17, 15) is 4.79 Å². The van der Waals surface area contributed by atoms with E-state index in [1.165, 1.54) is 5.56 Å². The molecule has 1 amide bonds. The van der Waals surface area contributed by atoms with Gasteiger partial charge in [0.25, 0.3) is 5.91 Å². The quantitative estimate of drug-likeness (QED) is 0.890. The molecule has 21 heavy (non-hydrogen) atoms. The summed E-state index contributed by atoms with van der Waals surface area (Å²) in [5.74, 6) is 0.698. The van der Waals surface area contributed by atoms with Gasteiger partial charge in [-0.05, 0) is 56.7 Å². The van der Waals surface area contributed by atoms with Crippen LogP contribution in [0.3, 0.4) is 0 Å². The summed E-state index contributed by atoms with van der Waals surface area (Å²) in [7, 11) is 0. The fraction of sp³-hybridized carbons (Fsp3) is 0.611. The highest BCUT2D eigenvalue weighted by atomic mass is 16.5. The molecule has 0 saturated heterocycles. The summed E-state index contributed by atoms with van der Waals surface area (Å²) in [6.07, 6.45) is 0.912. The molecule has 0 spiro atoms. The maximum Gasteiger partial charge on any atom is 0.258 e. The Morgan fingerprint density at radius 2 is 1.76 bits per heavy atom. The first-order chi connectivity index (χ1) is 9.50. The number of rotatable bonds is 5. The SMILES string of the molecule is Cc1cccc(OCC(=O)NC(C)(C)CC(C)(C)C)c1C. The number of aryl methyl sites for hydroxylation is 1. The molecule has 0 aliphatic rings. The number of nitrogens with one attached hydrogen (secondary N) is 1. The average Bonchev–Trinajstić information content (AvgIpc) is 2.27. The highest BCUT2D eigenvalue weighted by Crippen LogP contribution is 2.26. The molecule has 0 radical (unpaired) electrons. The molecular weight excluding hydrogens is 262 g/mol. The summed E-state index contributed by atoms with van der Waals surface area (Å²) in [5, 5.41) is 3.05. The second kappa shape index (κ2) is 6.50. The second-order valence-corrected chi connectivity index (χ2v) is 7.66. The largest absolute Gasteiger partial charge is 0.483 e. The van der Waals surface area contributed by atoms with Crippen molar-refractivity contribution < 1.29 is 9.53 Å². The van der Waals surface area contributed by atoms with E-state index in [-0.39, 0.29) is 23.5 Å². The van der Waals surface area contributed by atoms with Crippen LogP contribution in [-0.4, -0.2) is 18.1 Å². The lowest BCUT2D eigenvalue weighted by atomic mass is 9.82. The molecule has 0 aromatic heterocycles. The standard InChI is InChI=1S/C18H29NO2/c1-13-9-8-10-15(14(13)2)21-11-16(20)19-18(6,7)12-17(3,4)5/h8-10H,11-12H2,1-7H3,(H,19,20). The van der Waals surface area contributed by atoms with Gasteiger partial charge in [-0.25, -0.2) is 0 Å². The van der Waals surface area contributed by atoms with Crippen molar-refractivity contribution in [1.29, 1.82) is 0 Å². The lowest BCUT2D eigenvalue weighted by Gasteiger charge is -2.33. The van der Waals surface area contributed by atoms with Crippen LogP contribution >= 0.6 is 0 Å². The van der Waals surface area contributed by atoms with Gasteiger partial charge < -0.3 is 10.1 Å². The van der Waals surface area contributed by atoms with Gasteiger partial charge in [0.1, 0.15) is 5.75 Å². The Morgan fingerprint density at radius 3 is 2.33 bits per heavy atom. The van der Waals surface area contributed by atoms with Crippen LogP contribution in [0, 0.1) is 19.3 Å². The predicted octanol–water partition coefficient (Wildman–Crippen LogP) is 4.01. The third-order valence-corrected chi connectivity index (χ3v) is 3.36. The first-order valence-corrected chi connectivity index (χ1v) is 7.50. The Hall–Kier alpha value is -1.51. The number of ether oxygens (including phenoxy) is 1. The lowest BCUT2D eigenvalue weighted by molar-refractivity contribution is -0.125. The van der Waals surface area contributed by atoms with Gasteiger partial charge in [0.15, 0.2) is 6.61 Å². The van der Waals surface area contributed by atoms with Crippen LogP contribution < -0.4 is 10.1 Å². The molecule has 1 aromatic carbocycles. The summed E-state index contributed by atoms with van der Waals surface area (Å²) >= 11 is 0. The van der Waals surface area contributed by atoms with Crippen LogP contribution in [0.4, 0.5) is 0 Å². The number of hydrogen-bond donors (Lipinski definition) is 1. The Balaban J connectivity index is 2.56. The van der Waals surface area contributed by atoms with Crippen LogP contribution in [-0.2, 0) is 4.79 Å². The third kappa shape index (κ3) is 6.19.